The van der Waals surface area contributed by atoms with Crippen LogP contribution in [0.2, 0.25) is 0 Å². The average molecular weight is 164 g/mol. The Bertz CT molecular complexity index is 172. The third-order valence-electron chi connectivity index (χ3n) is 1.89. The Hall–Kier alpha value is -0.780. The summed E-state index contributed by atoms with van der Waals surface area (Å²) in [6, 6.07) is 0. The highest BCUT2D eigenvalue weighted by molar-refractivity contribution is 5.02. The Kier molecular flexibility index (Phi) is 4.65. The third-order valence-corrected chi connectivity index (χ3v) is 1.89. The van der Waals surface area contributed by atoms with Crippen molar-refractivity contribution in [2.45, 2.75) is 27.2 Å². The van der Waals surface area contributed by atoms with E-state index in [1.165, 1.54) is 0 Å². The van der Waals surface area contributed by atoms with Gasteiger partial charge in [0.15, 0.2) is 0 Å². The van der Waals surface area contributed by atoms with Crippen LogP contribution in [-0.2, 0) is 0 Å². The van der Waals surface area contributed by atoms with Crippen LogP contribution in [0.5, 0.6) is 0 Å². The average Bonchev–Trinajstić information content (AvgIpc) is 2.00. The minimum absolute atomic E-state index is 0.235. The molecule has 0 fully saturated rings. The van der Waals surface area contributed by atoms with E-state index in [-0.39, 0.29) is 5.41 Å². The second-order valence-corrected chi connectivity index (χ2v) is 3.94. The first kappa shape index (κ1) is 11.2. The molecule has 0 aromatic carbocycles. The van der Waals surface area contributed by atoms with Gasteiger partial charge in [0.1, 0.15) is 0 Å². The summed E-state index contributed by atoms with van der Waals surface area (Å²) in [6.45, 7) is 14.0. The highest BCUT2D eigenvalue weighted by Crippen LogP contribution is 2.23. The molecule has 0 nitrogen and oxygen atoms in total. The van der Waals surface area contributed by atoms with Gasteiger partial charge in [0.05, 0.1) is 0 Å². The van der Waals surface area contributed by atoms with Crippen molar-refractivity contribution in [1.82, 2.24) is 0 Å². The molecule has 0 spiro atoms. The van der Waals surface area contributed by atoms with Crippen molar-refractivity contribution in [2.75, 3.05) is 0 Å². The van der Waals surface area contributed by atoms with Crippen LogP contribution in [0.15, 0.2) is 37.5 Å². The number of hydrogen-bond donors (Lipinski definition) is 0. The summed E-state index contributed by atoms with van der Waals surface area (Å²) in [5.74, 6) is 0.467. The predicted molar refractivity (Wildman–Crippen MR) is 57.1 cm³/mol. The van der Waals surface area contributed by atoms with E-state index in [9.17, 15) is 0 Å². The van der Waals surface area contributed by atoms with Crippen LogP contribution < -0.4 is 0 Å². The molecule has 0 saturated carbocycles. The minimum Gasteiger partial charge on any atom is -0.103 e. The van der Waals surface area contributed by atoms with Crippen molar-refractivity contribution in [3.8, 4) is 0 Å². The number of allylic oxidation sites excluding steroid dienone is 4. The zero-order chi connectivity index (χ0) is 9.61. The molecular formula is C12H20. The van der Waals surface area contributed by atoms with Gasteiger partial charge in [0, 0.05) is 0 Å². The Balaban J connectivity index is 4.11. The van der Waals surface area contributed by atoms with Gasteiger partial charge in [-0.2, -0.15) is 0 Å². The summed E-state index contributed by atoms with van der Waals surface area (Å²) < 4.78 is 0. The lowest BCUT2D eigenvalue weighted by Crippen LogP contribution is -2.05. The van der Waals surface area contributed by atoms with Crippen molar-refractivity contribution in [3.63, 3.8) is 0 Å². The topological polar surface area (TPSA) is 0 Å². The molecule has 0 N–H and O–H groups in total. The van der Waals surface area contributed by atoms with Gasteiger partial charge in [-0.25, -0.2) is 0 Å². The van der Waals surface area contributed by atoms with E-state index >= 15 is 0 Å². The molecule has 0 amide bonds. The second kappa shape index (κ2) is 4.97. The zero-order valence-corrected chi connectivity index (χ0v) is 8.51. The molecule has 0 aliphatic carbocycles. The van der Waals surface area contributed by atoms with Gasteiger partial charge >= 0.3 is 0 Å². The summed E-state index contributed by atoms with van der Waals surface area (Å²) in [5, 5.41) is 0. The molecule has 68 valence electrons. The molecule has 0 aromatic rings. The first-order valence-electron chi connectivity index (χ1n) is 4.44. The Morgan fingerprint density at radius 1 is 1.33 bits per heavy atom. The largest absolute Gasteiger partial charge is 0.103 e. The molecule has 0 radical (unpaired) electrons. The number of rotatable bonds is 5. The van der Waals surface area contributed by atoms with E-state index in [4.69, 9.17) is 0 Å². The molecule has 0 heterocycles. The lowest BCUT2D eigenvalue weighted by atomic mass is 9.88. The van der Waals surface area contributed by atoms with E-state index in [0.717, 1.165) is 6.42 Å². The first-order valence-corrected chi connectivity index (χ1v) is 4.44. The van der Waals surface area contributed by atoms with E-state index in [1.54, 1.807) is 0 Å². The van der Waals surface area contributed by atoms with Crippen LogP contribution in [0.3, 0.4) is 0 Å². The number of hydrogen-bond acceptors (Lipinski definition) is 0. The second-order valence-electron chi connectivity index (χ2n) is 3.94. The molecule has 0 heteroatoms. The molecule has 1 unspecified atom stereocenters. The quantitative estimate of drug-likeness (QED) is 0.539. The Labute approximate surface area is 76.7 Å². The van der Waals surface area contributed by atoms with Crippen LogP contribution >= 0.6 is 0 Å². The lowest BCUT2D eigenvalue weighted by Gasteiger charge is -2.17. The first-order chi connectivity index (χ1) is 5.52. The van der Waals surface area contributed by atoms with Crippen molar-refractivity contribution in [1.29, 1.82) is 0 Å². The lowest BCUT2D eigenvalue weighted by molar-refractivity contribution is 0.486. The fraction of sp³-hybridized carbons (Fsp3) is 0.500. The molecule has 0 bridgehead atoms. The Morgan fingerprint density at radius 2 is 1.92 bits per heavy atom. The molecule has 0 aliphatic heterocycles. The van der Waals surface area contributed by atoms with Crippen molar-refractivity contribution >= 4 is 0 Å². The predicted octanol–water partition coefficient (Wildman–Crippen LogP) is 3.97. The van der Waals surface area contributed by atoms with E-state index in [1.807, 2.05) is 12.2 Å². The molecule has 0 rings (SSSR count). The fourth-order valence-corrected chi connectivity index (χ4v) is 0.931. The van der Waals surface area contributed by atoms with Crippen LogP contribution in [0.4, 0.5) is 0 Å². The monoisotopic (exact) mass is 164 g/mol. The van der Waals surface area contributed by atoms with E-state index < -0.39 is 0 Å². The molecule has 0 aromatic heterocycles. The standard InChI is InChI=1S/C12H20/c1-6-9-12(4,5)10-8-11(3)7-2/h6-8,10-11H,1-2,9H2,3-5H3/b10-8+. The molecule has 1 atom stereocenters. The van der Waals surface area contributed by atoms with Gasteiger partial charge < -0.3 is 0 Å². The summed E-state index contributed by atoms with van der Waals surface area (Å²) in [7, 11) is 0. The van der Waals surface area contributed by atoms with Crippen LogP contribution in [0.25, 0.3) is 0 Å². The zero-order valence-electron chi connectivity index (χ0n) is 8.51. The Morgan fingerprint density at radius 3 is 2.33 bits per heavy atom. The molecule has 0 saturated heterocycles. The van der Waals surface area contributed by atoms with Gasteiger partial charge in [0.2, 0.25) is 0 Å². The summed E-state index contributed by atoms with van der Waals surface area (Å²) in [4.78, 5) is 0. The normalized spacial score (nSPS) is 14.6. The van der Waals surface area contributed by atoms with Crippen LogP contribution in [0, 0.1) is 11.3 Å². The highest BCUT2D eigenvalue weighted by Gasteiger charge is 2.10. The van der Waals surface area contributed by atoms with E-state index in [2.05, 4.69) is 46.1 Å². The van der Waals surface area contributed by atoms with Gasteiger partial charge in [-0.15, -0.1) is 13.2 Å². The summed E-state index contributed by atoms with van der Waals surface area (Å²) in [6.07, 6.45) is 9.36. The molecule has 12 heavy (non-hydrogen) atoms. The highest BCUT2D eigenvalue weighted by atomic mass is 14.2. The fourth-order valence-electron chi connectivity index (χ4n) is 0.931. The smallest absolute Gasteiger partial charge is 0.00844 e. The SMILES string of the molecule is C=CCC(C)(C)/C=C/C(C)C=C. The van der Waals surface area contributed by atoms with Gasteiger partial charge in [-0.1, -0.05) is 45.1 Å². The van der Waals surface area contributed by atoms with Gasteiger partial charge in [0.25, 0.3) is 0 Å². The summed E-state index contributed by atoms with van der Waals surface area (Å²) in [5.41, 5.74) is 0.235. The van der Waals surface area contributed by atoms with Crippen LogP contribution in [0.1, 0.15) is 27.2 Å². The maximum absolute atomic E-state index is 3.74. The minimum atomic E-state index is 0.235. The molecule has 0 aliphatic rings. The van der Waals surface area contributed by atoms with Crippen molar-refractivity contribution in [2.24, 2.45) is 11.3 Å². The van der Waals surface area contributed by atoms with Gasteiger partial charge in [-0.05, 0) is 17.8 Å². The van der Waals surface area contributed by atoms with Crippen molar-refractivity contribution < 1.29 is 0 Å². The maximum Gasteiger partial charge on any atom is -0.00844 e. The molecular weight excluding hydrogens is 144 g/mol. The van der Waals surface area contributed by atoms with Gasteiger partial charge in [-0.3, -0.25) is 0 Å². The van der Waals surface area contributed by atoms with Crippen LogP contribution in [-0.4, -0.2) is 0 Å². The summed E-state index contributed by atoms with van der Waals surface area (Å²) >= 11 is 0. The maximum atomic E-state index is 3.74. The van der Waals surface area contributed by atoms with E-state index in [0.29, 0.717) is 5.92 Å². The third kappa shape index (κ3) is 4.95. The van der Waals surface area contributed by atoms with Crippen molar-refractivity contribution in [3.05, 3.63) is 37.5 Å².